The number of nitrogens with one attached hydrogen (secondary N) is 2. The van der Waals surface area contributed by atoms with Gasteiger partial charge in [-0.3, -0.25) is 9.71 Å². The summed E-state index contributed by atoms with van der Waals surface area (Å²) in [6.07, 6.45) is 4.09. The first-order chi connectivity index (χ1) is 16.9. The van der Waals surface area contributed by atoms with Crippen LogP contribution < -0.4 is 14.8 Å². The lowest BCUT2D eigenvalue weighted by Gasteiger charge is -2.27. The van der Waals surface area contributed by atoms with Gasteiger partial charge in [0.05, 0.1) is 31.9 Å². The smallest absolute Gasteiger partial charge is 0.261 e. The molecule has 0 saturated carbocycles. The summed E-state index contributed by atoms with van der Waals surface area (Å²) >= 11 is 1.57. The van der Waals surface area contributed by atoms with Gasteiger partial charge in [0.25, 0.3) is 10.0 Å². The van der Waals surface area contributed by atoms with Crippen LogP contribution in [0.25, 0.3) is 10.2 Å². The average Bonchev–Trinajstić information content (AvgIpc) is 3.23. The van der Waals surface area contributed by atoms with Gasteiger partial charge in [-0.1, -0.05) is 6.07 Å². The molecule has 3 N–H and O–H groups in total. The van der Waals surface area contributed by atoms with Crippen molar-refractivity contribution >= 4 is 37.3 Å². The normalized spacial score (nSPS) is 16.5. The van der Waals surface area contributed by atoms with Gasteiger partial charge in [0.15, 0.2) is 0 Å². The summed E-state index contributed by atoms with van der Waals surface area (Å²) in [5.41, 5.74) is 2.89. The molecule has 8 nitrogen and oxygen atoms in total. The van der Waals surface area contributed by atoms with E-state index in [1.807, 2.05) is 19.1 Å². The third-order valence-electron chi connectivity index (χ3n) is 5.90. The molecular formula is C25H26N4O4S2. The number of aryl methyl sites for hydroxylation is 2. The molecular weight excluding hydrogens is 484 g/mol. The van der Waals surface area contributed by atoms with Gasteiger partial charge >= 0.3 is 0 Å². The van der Waals surface area contributed by atoms with E-state index in [1.165, 1.54) is 0 Å². The van der Waals surface area contributed by atoms with Crippen molar-refractivity contribution in [2.24, 2.45) is 0 Å². The molecule has 0 saturated heterocycles. The molecule has 0 bridgehead atoms. The monoisotopic (exact) mass is 510 g/mol. The fraction of sp³-hybridized carbons (Fsp3) is 0.280. The van der Waals surface area contributed by atoms with E-state index in [0.717, 1.165) is 32.8 Å². The molecule has 0 spiro atoms. The lowest BCUT2D eigenvalue weighted by atomic mass is 10.0. The molecule has 182 valence electrons. The van der Waals surface area contributed by atoms with E-state index < -0.39 is 16.1 Å². The highest BCUT2D eigenvalue weighted by Gasteiger charge is 2.23. The minimum Gasteiger partial charge on any atom is -0.489 e. The van der Waals surface area contributed by atoms with E-state index in [4.69, 9.17) is 4.74 Å². The van der Waals surface area contributed by atoms with Crippen LogP contribution in [-0.4, -0.2) is 42.7 Å². The highest BCUT2D eigenvalue weighted by molar-refractivity contribution is 7.92. The summed E-state index contributed by atoms with van der Waals surface area (Å²) in [7, 11) is -3.75. The number of thiazole rings is 1. The van der Waals surface area contributed by atoms with Crippen molar-refractivity contribution < 1.29 is 18.3 Å². The maximum atomic E-state index is 13.0. The minimum atomic E-state index is -3.75. The van der Waals surface area contributed by atoms with Crippen molar-refractivity contribution in [3.05, 3.63) is 77.1 Å². The molecule has 10 heteroatoms. The predicted octanol–water partition coefficient (Wildman–Crippen LogP) is 3.82. The number of sulfonamides is 1. The van der Waals surface area contributed by atoms with Crippen LogP contribution in [0.15, 0.2) is 65.8 Å². The third kappa shape index (κ3) is 5.46. The molecule has 0 radical (unpaired) electrons. The van der Waals surface area contributed by atoms with Crippen LogP contribution in [0.2, 0.25) is 0 Å². The number of aliphatic hydroxyl groups excluding tert-OH is 1. The van der Waals surface area contributed by atoms with Crippen molar-refractivity contribution in [2.45, 2.75) is 36.9 Å². The standard InChI is InChI=1S/C25H26N4O4S2/c1-16-28-22-12-19(5-9-25(22)34-16)29-35(31,32)21-7-8-24-17(11-21)4-6-20(33-24)14-27-15-23(30)18-3-2-10-26-13-18/h2-3,5,7-13,20,23,27,29-30H,4,6,14-15H2,1H3. The van der Waals surface area contributed by atoms with Crippen LogP contribution in [0.5, 0.6) is 5.75 Å². The van der Waals surface area contributed by atoms with Crippen molar-refractivity contribution in [1.29, 1.82) is 0 Å². The van der Waals surface area contributed by atoms with Crippen LogP contribution >= 0.6 is 11.3 Å². The first-order valence-electron chi connectivity index (χ1n) is 11.4. The Labute approximate surface area is 208 Å². The van der Waals surface area contributed by atoms with Crippen LogP contribution in [0.1, 0.15) is 28.7 Å². The van der Waals surface area contributed by atoms with Gasteiger partial charge in [-0.2, -0.15) is 0 Å². The zero-order chi connectivity index (χ0) is 24.4. The summed E-state index contributed by atoms with van der Waals surface area (Å²) in [6, 6.07) is 14.0. The Balaban J connectivity index is 1.20. The van der Waals surface area contributed by atoms with E-state index in [-0.39, 0.29) is 11.0 Å². The van der Waals surface area contributed by atoms with Gasteiger partial charge in [-0.25, -0.2) is 13.4 Å². The van der Waals surface area contributed by atoms with Gasteiger partial charge in [0, 0.05) is 31.0 Å². The Bertz CT molecular complexity index is 1440. The number of benzene rings is 2. The molecule has 3 heterocycles. The van der Waals surface area contributed by atoms with Crippen molar-refractivity contribution in [2.75, 3.05) is 17.8 Å². The fourth-order valence-corrected chi connectivity index (χ4v) is 6.03. The van der Waals surface area contributed by atoms with Gasteiger partial charge < -0.3 is 15.2 Å². The van der Waals surface area contributed by atoms with Crippen molar-refractivity contribution in [3.8, 4) is 5.75 Å². The first-order valence-corrected chi connectivity index (χ1v) is 13.7. The number of anilines is 1. The number of aromatic nitrogens is 2. The van der Waals surface area contributed by atoms with Gasteiger partial charge in [-0.05, 0) is 67.8 Å². The number of rotatable bonds is 8. The van der Waals surface area contributed by atoms with Gasteiger partial charge in [0.2, 0.25) is 0 Å². The molecule has 2 aromatic carbocycles. The zero-order valence-electron chi connectivity index (χ0n) is 19.1. The molecule has 1 aliphatic rings. The first kappa shape index (κ1) is 23.7. The molecule has 1 aliphatic heterocycles. The Kier molecular flexibility index (Phi) is 6.70. The number of aliphatic hydroxyl groups is 1. The maximum Gasteiger partial charge on any atom is 0.261 e. The number of hydrogen-bond acceptors (Lipinski definition) is 8. The second-order valence-electron chi connectivity index (χ2n) is 8.53. The van der Waals surface area contributed by atoms with Crippen LogP contribution in [-0.2, 0) is 16.4 Å². The maximum absolute atomic E-state index is 13.0. The van der Waals surface area contributed by atoms with Gasteiger partial charge in [0.1, 0.15) is 11.9 Å². The largest absolute Gasteiger partial charge is 0.489 e. The second kappa shape index (κ2) is 9.90. The molecule has 4 aromatic rings. The summed E-state index contributed by atoms with van der Waals surface area (Å²) in [6.45, 7) is 2.90. The van der Waals surface area contributed by atoms with Crippen LogP contribution in [0, 0.1) is 6.92 Å². The molecule has 5 rings (SSSR count). The predicted molar refractivity (Wildman–Crippen MR) is 136 cm³/mol. The minimum absolute atomic E-state index is 0.0579. The second-order valence-corrected chi connectivity index (χ2v) is 11.4. The molecule has 2 aromatic heterocycles. The van der Waals surface area contributed by atoms with Crippen molar-refractivity contribution in [3.63, 3.8) is 0 Å². The Morgan fingerprint density at radius 1 is 1.23 bits per heavy atom. The molecule has 2 atom stereocenters. The number of nitrogens with zero attached hydrogens (tertiary/aromatic N) is 2. The fourth-order valence-electron chi connectivity index (χ4n) is 4.12. The quantitative estimate of drug-likeness (QED) is 0.330. The van der Waals surface area contributed by atoms with Crippen LogP contribution in [0.4, 0.5) is 5.69 Å². The highest BCUT2D eigenvalue weighted by atomic mass is 32.2. The number of fused-ring (bicyclic) bond motifs is 2. The third-order valence-corrected chi connectivity index (χ3v) is 8.23. The number of pyridine rings is 1. The summed E-state index contributed by atoms with van der Waals surface area (Å²) in [4.78, 5) is 8.66. The highest BCUT2D eigenvalue weighted by Crippen LogP contribution is 2.31. The van der Waals surface area contributed by atoms with Crippen molar-refractivity contribution in [1.82, 2.24) is 15.3 Å². The summed E-state index contributed by atoms with van der Waals surface area (Å²) in [5.74, 6) is 0.689. The molecule has 0 amide bonds. The molecule has 0 fully saturated rings. The molecule has 2 unspecified atom stereocenters. The van der Waals surface area contributed by atoms with E-state index in [1.54, 1.807) is 60.1 Å². The summed E-state index contributed by atoms with van der Waals surface area (Å²) < 4.78 is 35.8. The van der Waals surface area contributed by atoms with E-state index in [2.05, 4.69) is 20.0 Å². The molecule has 35 heavy (non-hydrogen) atoms. The topological polar surface area (TPSA) is 113 Å². The molecule has 0 aliphatic carbocycles. The Morgan fingerprint density at radius 2 is 2.11 bits per heavy atom. The van der Waals surface area contributed by atoms with E-state index in [9.17, 15) is 13.5 Å². The Hall–Kier alpha value is -3.05. The Morgan fingerprint density at radius 3 is 2.94 bits per heavy atom. The average molecular weight is 511 g/mol. The zero-order valence-corrected chi connectivity index (χ0v) is 20.8. The van der Waals surface area contributed by atoms with E-state index in [0.29, 0.717) is 30.9 Å². The number of ether oxygens (including phenoxy) is 1. The number of hydrogen-bond donors (Lipinski definition) is 3. The van der Waals surface area contributed by atoms with Gasteiger partial charge in [-0.15, -0.1) is 11.3 Å². The lowest BCUT2D eigenvalue weighted by molar-refractivity contribution is 0.146. The summed E-state index contributed by atoms with van der Waals surface area (Å²) in [5, 5.41) is 14.5. The van der Waals surface area contributed by atoms with Crippen LogP contribution in [0.3, 0.4) is 0 Å². The van der Waals surface area contributed by atoms with E-state index >= 15 is 0 Å². The lowest BCUT2D eigenvalue weighted by Crippen LogP contribution is -2.36. The SMILES string of the molecule is Cc1nc2cc(NS(=O)(=O)c3ccc4c(c3)CCC(CNCC(O)c3cccnc3)O4)ccc2s1.